The molecule has 1 aromatic rings. The van der Waals surface area contributed by atoms with Crippen molar-refractivity contribution in [1.29, 1.82) is 0 Å². The van der Waals surface area contributed by atoms with E-state index in [4.69, 9.17) is 9.29 Å². The molecule has 0 saturated heterocycles. The van der Waals surface area contributed by atoms with Crippen LogP contribution in [0.3, 0.4) is 0 Å². The highest BCUT2D eigenvalue weighted by molar-refractivity contribution is 7.86. The predicted octanol–water partition coefficient (Wildman–Crippen LogP) is -1.73. The average molecular weight is 402 g/mol. The summed E-state index contributed by atoms with van der Waals surface area (Å²) in [5, 5.41) is -4.65. The molecular formula is C14H19B3F2O7S. The second-order valence-corrected chi connectivity index (χ2v) is 7.24. The van der Waals surface area contributed by atoms with Gasteiger partial charge in [-0.05, 0) is 11.6 Å². The SMILES string of the molecule is BCc1cc(CB)c(CB)c(C(=O)OCC(=O)OCC(F)(F)S(=O)(=O)O)c1. The molecule has 0 radical (unpaired) electrons. The Hall–Kier alpha value is -1.88. The van der Waals surface area contributed by atoms with Gasteiger partial charge in [0.15, 0.2) is 13.2 Å². The van der Waals surface area contributed by atoms with Gasteiger partial charge in [-0.15, -0.1) is 0 Å². The van der Waals surface area contributed by atoms with Crippen LogP contribution in [0.5, 0.6) is 0 Å². The minimum atomic E-state index is -5.72. The molecule has 0 bridgehead atoms. The van der Waals surface area contributed by atoms with Gasteiger partial charge in [0.2, 0.25) is 0 Å². The second-order valence-electron chi connectivity index (χ2n) is 5.69. The van der Waals surface area contributed by atoms with Crippen LogP contribution in [0.2, 0.25) is 0 Å². The van der Waals surface area contributed by atoms with E-state index in [0.29, 0.717) is 19.0 Å². The van der Waals surface area contributed by atoms with Gasteiger partial charge in [0.25, 0.3) is 0 Å². The molecule has 146 valence electrons. The lowest BCUT2D eigenvalue weighted by Gasteiger charge is -2.15. The number of hydrogen-bond donors (Lipinski definition) is 1. The monoisotopic (exact) mass is 402 g/mol. The van der Waals surface area contributed by atoms with Crippen LogP contribution in [0, 0.1) is 0 Å². The number of benzene rings is 1. The summed E-state index contributed by atoms with van der Waals surface area (Å²) in [6, 6.07) is 3.64. The summed E-state index contributed by atoms with van der Waals surface area (Å²) in [5.41, 5.74) is 2.93. The number of alkyl halides is 2. The van der Waals surface area contributed by atoms with Crippen LogP contribution >= 0.6 is 0 Å². The topological polar surface area (TPSA) is 107 Å². The van der Waals surface area contributed by atoms with Crippen molar-refractivity contribution >= 4 is 45.6 Å². The zero-order chi connectivity index (χ0) is 20.8. The number of rotatable bonds is 9. The van der Waals surface area contributed by atoms with Crippen LogP contribution in [0.1, 0.15) is 27.0 Å². The van der Waals surface area contributed by atoms with Crippen LogP contribution in [0.4, 0.5) is 8.78 Å². The summed E-state index contributed by atoms with van der Waals surface area (Å²) in [5.74, 6) is -2.18. The van der Waals surface area contributed by atoms with E-state index in [1.54, 1.807) is 6.07 Å². The second kappa shape index (κ2) is 9.36. The van der Waals surface area contributed by atoms with Gasteiger partial charge in [-0.3, -0.25) is 4.55 Å². The number of ether oxygens (including phenoxy) is 2. The van der Waals surface area contributed by atoms with Crippen molar-refractivity contribution in [3.63, 3.8) is 0 Å². The van der Waals surface area contributed by atoms with Gasteiger partial charge in [-0.25, -0.2) is 9.59 Å². The van der Waals surface area contributed by atoms with Crippen molar-refractivity contribution < 1.29 is 40.8 Å². The molecule has 0 unspecified atom stereocenters. The number of carbonyl (C=O) groups excluding carboxylic acids is 2. The van der Waals surface area contributed by atoms with E-state index in [-0.39, 0.29) is 5.56 Å². The van der Waals surface area contributed by atoms with E-state index >= 15 is 0 Å². The van der Waals surface area contributed by atoms with Gasteiger partial charge in [-0.1, -0.05) is 36.2 Å². The first kappa shape index (κ1) is 23.2. The summed E-state index contributed by atoms with van der Waals surface area (Å²) in [6.45, 7) is -2.85. The van der Waals surface area contributed by atoms with Crippen molar-refractivity contribution in [2.45, 2.75) is 24.2 Å². The third-order valence-electron chi connectivity index (χ3n) is 3.86. The Morgan fingerprint density at radius 1 is 1.07 bits per heavy atom. The largest absolute Gasteiger partial charge is 0.455 e. The van der Waals surface area contributed by atoms with Gasteiger partial charge >= 0.3 is 27.3 Å². The first-order valence-electron chi connectivity index (χ1n) is 8.29. The first-order chi connectivity index (χ1) is 12.5. The lowest BCUT2D eigenvalue weighted by Crippen LogP contribution is -2.35. The fraction of sp³-hybridized carbons (Fsp3) is 0.429. The van der Waals surface area contributed by atoms with Crippen LogP contribution in [0.25, 0.3) is 0 Å². The number of halogens is 2. The Balaban J connectivity index is 2.81. The lowest BCUT2D eigenvalue weighted by molar-refractivity contribution is -0.153. The van der Waals surface area contributed by atoms with Crippen molar-refractivity contribution in [2.24, 2.45) is 0 Å². The van der Waals surface area contributed by atoms with E-state index in [9.17, 15) is 26.8 Å². The Kier molecular flexibility index (Phi) is 8.03. The third kappa shape index (κ3) is 6.07. The highest BCUT2D eigenvalue weighted by Crippen LogP contribution is 2.21. The molecule has 0 aromatic heterocycles. The van der Waals surface area contributed by atoms with E-state index in [1.807, 2.05) is 29.6 Å². The normalized spacial score (nSPS) is 11.8. The van der Waals surface area contributed by atoms with Crippen molar-refractivity contribution in [2.75, 3.05) is 13.2 Å². The Morgan fingerprint density at radius 2 is 1.70 bits per heavy atom. The van der Waals surface area contributed by atoms with E-state index in [0.717, 1.165) is 16.7 Å². The van der Waals surface area contributed by atoms with Gasteiger partial charge in [0.05, 0.1) is 5.56 Å². The summed E-state index contributed by atoms with van der Waals surface area (Å²) < 4.78 is 64.1. The highest BCUT2D eigenvalue weighted by Gasteiger charge is 2.45. The molecule has 13 heteroatoms. The molecule has 0 fully saturated rings. The summed E-state index contributed by atoms with van der Waals surface area (Å²) >= 11 is 0. The van der Waals surface area contributed by atoms with Gasteiger partial charge in [-0.2, -0.15) is 17.2 Å². The van der Waals surface area contributed by atoms with Crippen LogP contribution in [-0.4, -0.2) is 66.9 Å². The van der Waals surface area contributed by atoms with Crippen molar-refractivity contribution in [3.05, 3.63) is 34.4 Å². The van der Waals surface area contributed by atoms with Gasteiger partial charge in [0, 0.05) is 0 Å². The van der Waals surface area contributed by atoms with Gasteiger partial charge < -0.3 is 9.47 Å². The lowest BCUT2D eigenvalue weighted by atomic mass is 9.81. The summed E-state index contributed by atoms with van der Waals surface area (Å²) in [7, 11) is 0.00782. The van der Waals surface area contributed by atoms with Crippen molar-refractivity contribution in [1.82, 2.24) is 0 Å². The Bertz CT molecular complexity index is 815. The van der Waals surface area contributed by atoms with Crippen LogP contribution < -0.4 is 0 Å². The van der Waals surface area contributed by atoms with E-state index in [2.05, 4.69) is 4.74 Å². The maximum atomic E-state index is 13.0. The van der Waals surface area contributed by atoms with E-state index < -0.39 is 40.5 Å². The number of carbonyl (C=O) groups is 2. The summed E-state index contributed by atoms with van der Waals surface area (Å²) in [6.07, 6.45) is 1.94. The minimum Gasteiger partial charge on any atom is -0.455 e. The average Bonchev–Trinajstić information content (AvgIpc) is 2.62. The molecule has 0 heterocycles. The predicted molar refractivity (Wildman–Crippen MR) is 101 cm³/mol. The fourth-order valence-corrected chi connectivity index (χ4v) is 2.61. The molecule has 0 spiro atoms. The zero-order valence-electron chi connectivity index (χ0n) is 15.3. The molecular weight excluding hydrogens is 383 g/mol. The number of hydrogen-bond acceptors (Lipinski definition) is 6. The molecule has 27 heavy (non-hydrogen) atoms. The molecule has 1 aromatic carbocycles. The smallest absolute Gasteiger partial charge is 0.402 e. The van der Waals surface area contributed by atoms with Crippen LogP contribution in [0.15, 0.2) is 12.1 Å². The zero-order valence-corrected chi connectivity index (χ0v) is 16.1. The molecule has 0 aliphatic heterocycles. The standard InChI is InChI=1S/C14H19B3F2O7S/c15-3-8-1-9(4-16)11(5-17)10(2-8)13(21)25-6-12(20)26-7-14(18,19)27(22,23)24/h1-2H,3-7,15-17H2,(H,22,23,24). The maximum Gasteiger partial charge on any atom is 0.402 e. The Labute approximate surface area is 158 Å². The first-order valence-corrected chi connectivity index (χ1v) is 9.73. The van der Waals surface area contributed by atoms with Gasteiger partial charge in [0.1, 0.15) is 23.5 Å². The third-order valence-corrected chi connectivity index (χ3v) is 4.74. The highest BCUT2D eigenvalue weighted by atomic mass is 32.2. The molecule has 1 N–H and O–H groups in total. The van der Waals surface area contributed by atoms with E-state index in [1.165, 1.54) is 0 Å². The van der Waals surface area contributed by atoms with Crippen LogP contribution in [-0.2, 0) is 43.3 Å². The quantitative estimate of drug-likeness (QED) is 0.297. The number of esters is 2. The maximum absolute atomic E-state index is 13.0. The molecule has 1 rings (SSSR count). The molecule has 0 atom stereocenters. The fourth-order valence-electron chi connectivity index (χ4n) is 2.40. The van der Waals surface area contributed by atoms with Crippen molar-refractivity contribution in [3.8, 4) is 0 Å². The molecule has 0 aliphatic rings. The molecule has 7 nitrogen and oxygen atoms in total. The summed E-state index contributed by atoms with van der Waals surface area (Å²) in [4.78, 5) is 23.8. The Morgan fingerprint density at radius 3 is 2.19 bits per heavy atom. The molecule has 0 aliphatic carbocycles. The minimum absolute atomic E-state index is 0.282. The molecule has 0 saturated carbocycles. The molecule has 0 amide bonds.